The Morgan fingerprint density at radius 3 is 3.00 bits per heavy atom. The van der Waals surface area contributed by atoms with Crippen molar-refractivity contribution in [3.05, 3.63) is 35.9 Å². The molecule has 0 atom stereocenters. The molecule has 0 aliphatic heterocycles. The van der Waals surface area contributed by atoms with Gasteiger partial charge in [0.2, 0.25) is 0 Å². The minimum atomic E-state index is 0.284. The highest BCUT2D eigenvalue weighted by Crippen LogP contribution is 2.12. The van der Waals surface area contributed by atoms with Crippen LogP contribution in [0.15, 0.2) is 30.3 Å². The van der Waals surface area contributed by atoms with Crippen LogP contribution < -0.4 is 11.1 Å². The molecule has 1 aromatic rings. The first-order chi connectivity index (χ1) is 7.22. The van der Waals surface area contributed by atoms with Gasteiger partial charge in [0, 0.05) is 5.69 Å². The van der Waals surface area contributed by atoms with E-state index in [4.69, 9.17) is 18.0 Å². The van der Waals surface area contributed by atoms with Crippen LogP contribution in [0.3, 0.4) is 0 Å². The lowest BCUT2D eigenvalue weighted by molar-refractivity contribution is 1.26. The number of anilines is 1. The van der Waals surface area contributed by atoms with Crippen LogP contribution in [-0.4, -0.2) is 10.9 Å². The minimum absolute atomic E-state index is 0.284. The fraction of sp³-hybridized carbons (Fsp3) is 0.182. The average molecular weight is 238 g/mol. The van der Waals surface area contributed by atoms with E-state index >= 15 is 0 Å². The molecule has 2 nitrogen and oxygen atoms in total. The Hall–Kier alpha value is -1.00. The van der Waals surface area contributed by atoms with Crippen molar-refractivity contribution in [2.75, 3.05) is 11.1 Å². The highest BCUT2D eigenvalue weighted by molar-refractivity contribution is 7.80. The summed E-state index contributed by atoms with van der Waals surface area (Å²) in [4.78, 5) is 0. The van der Waals surface area contributed by atoms with Gasteiger partial charge in [-0.05, 0) is 42.1 Å². The Bertz CT molecular complexity index is 361. The maximum atomic E-state index is 5.39. The van der Waals surface area contributed by atoms with E-state index in [0.29, 0.717) is 0 Å². The largest absolute Gasteiger partial charge is 0.376 e. The molecule has 0 saturated carbocycles. The zero-order valence-electron chi connectivity index (χ0n) is 8.31. The summed E-state index contributed by atoms with van der Waals surface area (Å²) in [6, 6.07) is 7.91. The summed E-state index contributed by atoms with van der Waals surface area (Å²) in [7, 11) is 0. The second-order valence-corrected chi connectivity index (χ2v) is 3.92. The normalized spacial score (nSPS) is 10.5. The Labute approximate surface area is 101 Å². The molecule has 0 saturated heterocycles. The molecule has 0 unspecified atom stereocenters. The van der Waals surface area contributed by atoms with E-state index in [1.54, 1.807) is 0 Å². The molecule has 3 N–H and O–H groups in total. The molecule has 0 amide bonds. The number of rotatable bonds is 4. The number of hydrogen-bond donors (Lipinski definition) is 3. The van der Waals surface area contributed by atoms with Crippen molar-refractivity contribution >= 4 is 41.7 Å². The molecule has 0 aliphatic rings. The number of hydrogen-bond acceptors (Lipinski definition) is 2. The second-order valence-electron chi connectivity index (χ2n) is 3.03. The van der Waals surface area contributed by atoms with Crippen molar-refractivity contribution in [1.82, 2.24) is 0 Å². The van der Waals surface area contributed by atoms with E-state index in [0.717, 1.165) is 23.4 Å². The molecule has 4 heteroatoms. The van der Waals surface area contributed by atoms with Gasteiger partial charge >= 0.3 is 0 Å². The number of nitrogens with one attached hydrogen (secondary N) is 1. The maximum Gasteiger partial charge on any atom is 0.168 e. The first-order valence-corrected chi connectivity index (χ1v) is 5.70. The molecule has 0 bridgehead atoms. The van der Waals surface area contributed by atoms with Crippen molar-refractivity contribution in [3.8, 4) is 0 Å². The summed E-state index contributed by atoms with van der Waals surface area (Å²) >= 11 is 8.90. The number of thiocarbonyl (C=S) groups is 1. The average Bonchev–Trinajstić information content (AvgIpc) is 2.18. The van der Waals surface area contributed by atoms with Gasteiger partial charge in [-0.15, -0.1) is 0 Å². The van der Waals surface area contributed by atoms with Crippen LogP contribution in [0.5, 0.6) is 0 Å². The molecule has 0 spiro atoms. The van der Waals surface area contributed by atoms with Crippen LogP contribution in [0.4, 0.5) is 5.69 Å². The molecule has 0 aromatic heterocycles. The van der Waals surface area contributed by atoms with Crippen LogP contribution in [0.2, 0.25) is 0 Å². The molecule has 0 fully saturated rings. The van der Waals surface area contributed by atoms with Gasteiger partial charge in [0.25, 0.3) is 0 Å². The molecule has 80 valence electrons. The lowest BCUT2D eigenvalue weighted by Gasteiger charge is -2.03. The lowest BCUT2D eigenvalue weighted by Crippen LogP contribution is -2.18. The summed E-state index contributed by atoms with van der Waals surface area (Å²) in [5, 5.41) is 3.18. The van der Waals surface area contributed by atoms with Gasteiger partial charge in [0.1, 0.15) is 0 Å². The predicted octanol–water partition coefficient (Wildman–Crippen LogP) is 2.68. The predicted molar refractivity (Wildman–Crippen MR) is 74.4 cm³/mol. The third kappa shape index (κ3) is 4.85. The molecule has 15 heavy (non-hydrogen) atoms. The summed E-state index contributed by atoms with van der Waals surface area (Å²) in [5.74, 6) is 0.862. The Morgan fingerprint density at radius 1 is 1.53 bits per heavy atom. The van der Waals surface area contributed by atoms with Crippen molar-refractivity contribution in [2.24, 2.45) is 5.73 Å². The van der Waals surface area contributed by atoms with Gasteiger partial charge in [-0.3, -0.25) is 0 Å². The quantitative estimate of drug-likeness (QED) is 0.558. The van der Waals surface area contributed by atoms with Crippen molar-refractivity contribution < 1.29 is 0 Å². The van der Waals surface area contributed by atoms with E-state index in [-0.39, 0.29) is 5.11 Å². The van der Waals surface area contributed by atoms with Gasteiger partial charge in [-0.1, -0.05) is 24.3 Å². The van der Waals surface area contributed by atoms with Crippen LogP contribution in [0.25, 0.3) is 6.08 Å². The van der Waals surface area contributed by atoms with E-state index in [2.05, 4.69) is 30.1 Å². The summed E-state index contributed by atoms with van der Waals surface area (Å²) in [5.41, 5.74) is 7.42. The Balaban J connectivity index is 2.69. The van der Waals surface area contributed by atoms with Gasteiger partial charge in [0.05, 0.1) is 0 Å². The van der Waals surface area contributed by atoms with E-state index in [1.807, 2.05) is 24.3 Å². The highest BCUT2D eigenvalue weighted by Gasteiger charge is 1.93. The number of nitrogens with two attached hydrogens (primary N) is 1. The van der Waals surface area contributed by atoms with Crippen LogP contribution in [0, 0.1) is 0 Å². The maximum absolute atomic E-state index is 5.39. The van der Waals surface area contributed by atoms with Crippen LogP contribution >= 0.6 is 24.8 Å². The Kier molecular flexibility index (Phi) is 5.21. The van der Waals surface area contributed by atoms with Gasteiger partial charge < -0.3 is 11.1 Å². The first-order valence-electron chi connectivity index (χ1n) is 4.66. The summed E-state index contributed by atoms with van der Waals surface area (Å²) in [6.07, 6.45) is 5.11. The van der Waals surface area contributed by atoms with Crippen molar-refractivity contribution in [2.45, 2.75) is 6.42 Å². The van der Waals surface area contributed by atoms with Crippen molar-refractivity contribution in [1.29, 1.82) is 0 Å². The van der Waals surface area contributed by atoms with Gasteiger partial charge in [-0.2, -0.15) is 12.6 Å². The Morgan fingerprint density at radius 2 is 2.33 bits per heavy atom. The molecule has 0 heterocycles. The number of allylic oxidation sites excluding steroid dienone is 1. The van der Waals surface area contributed by atoms with E-state index in [1.165, 1.54) is 0 Å². The standard InChI is InChI=1S/C11H14N2S2/c12-11(15)13-10-6-3-5-9(8-10)4-1-2-7-14/h1,3-6,8,14H,2,7H2,(H3,12,13,15). The highest BCUT2D eigenvalue weighted by atomic mass is 32.1. The third-order valence-electron chi connectivity index (χ3n) is 1.76. The molecular weight excluding hydrogens is 224 g/mol. The van der Waals surface area contributed by atoms with Gasteiger partial charge in [0.15, 0.2) is 5.11 Å². The zero-order valence-corrected chi connectivity index (χ0v) is 10.0. The fourth-order valence-corrected chi connectivity index (χ4v) is 1.42. The molecule has 0 aliphatic carbocycles. The topological polar surface area (TPSA) is 38.0 Å². The fourth-order valence-electron chi connectivity index (χ4n) is 1.16. The minimum Gasteiger partial charge on any atom is -0.376 e. The van der Waals surface area contributed by atoms with Crippen LogP contribution in [0.1, 0.15) is 12.0 Å². The number of benzene rings is 1. The lowest BCUT2D eigenvalue weighted by atomic mass is 10.2. The molecule has 0 radical (unpaired) electrons. The van der Waals surface area contributed by atoms with E-state index in [9.17, 15) is 0 Å². The summed E-state index contributed by atoms with van der Waals surface area (Å²) < 4.78 is 0. The molecule has 1 aromatic carbocycles. The monoisotopic (exact) mass is 238 g/mol. The number of thiol groups is 1. The first kappa shape index (κ1) is 12.1. The zero-order chi connectivity index (χ0) is 11.1. The molecular formula is C11H14N2S2. The second kappa shape index (κ2) is 6.48. The van der Waals surface area contributed by atoms with E-state index < -0.39 is 0 Å². The van der Waals surface area contributed by atoms with Crippen molar-refractivity contribution in [3.63, 3.8) is 0 Å². The smallest absolute Gasteiger partial charge is 0.168 e. The molecule has 1 rings (SSSR count). The van der Waals surface area contributed by atoms with Crippen LogP contribution in [-0.2, 0) is 0 Å². The van der Waals surface area contributed by atoms with Gasteiger partial charge in [-0.25, -0.2) is 0 Å². The SMILES string of the molecule is NC(=S)Nc1cccc(C=CCCS)c1. The third-order valence-corrected chi connectivity index (χ3v) is 2.12. The summed E-state index contributed by atoms with van der Waals surface area (Å²) in [6.45, 7) is 0.